The van der Waals surface area contributed by atoms with Crippen LogP contribution in [0.25, 0.3) is 0 Å². The van der Waals surface area contributed by atoms with Crippen LogP contribution in [0.5, 0.6) is 0 Å². The first-order chi connectivity index (χ1) is 9.50. The van der Waals surface area contributed by atoms with Crippen molar-refractivity contribution >= 4 is 16.0 Å². The number of hydrogen-bond donors (Lipinski definition) is 2. The van der Waals surface area contributed by atoms with Crippen LogP contribution in [0.1, 0.15) is 24.8 Å². The van der Waals surface area contributed by atoms with Gasteiger partial charge in [0.2, 0.25) is 10.0 Å². The Hall–Kier alpha value is -1.60. The van der Waals surface area contributed by atoms with E-state index in [0.717, 1.165) is 24.8 Å². The minimum Gasteiger partial charge on any atom is -0.370 e. The molecule has 1 heterocycles. The molecule has 0 aliphatic carbocycles. The van der Waals surface area contributed by atoms with Gasteiger partial charge in [0.25, 0.3) is 0 Å². The number of piperidine rings is 1. The van der Waals surface area contributed by atoms with Crippen LogP contribution in [-0.2, 0) is 16.6 Å². The largest absolute Gasteiger partial charge is 0.370 e. The van der Waals surface area contributed by atoms with Gasteiger partial charge >= 0.3 is 0 Å². The second-order valence-electron chi connectivity index (χ2n) is 4.85. The van der Waals surface area contributed by atoms with Crippen molar-refractivity contribution in [3.8, 4) is 0 Å². The maximum atomic E-state index is 12.4. The zero-order chi connectivity index (χ0) is 14.6. The smallest absolute Gasteiger partial charge is 0.243 e. The molecular formula is C13H20N4O2S. The molecule has 1 aromatic rings. The van der Waals surface area contributed by atoms with E-state index in [-0.39, 0.29) is 5.96 Å². The number of benzene rings is 1. The summed E-state index contributed by atoms with van der Waals surface area (Å²) in [6.07, 6.45) is 2.97. The zero-order valence-electron chi connectivity index (χ0n) is 11.3. The molecule has 0 amide bonds. The number of hydrogen-bond acceptors (Lipinski definition) is 3. The van der Waals surface area contributed by atoms with Gasteiger partial charge in [0.05, 0.1) is 11.4 Å². The fraction of sp³-hybridized carbons (Fsp3) is 0.462. The molecule has 1 aromatic carbocycles. The van der Waals surface area contributed by atoms with Crippen LogP contribution in [0.3, 0.4) is 0 Å². The molecule has 20 heavy (non-hydrogen) atoms. The lowest BCUT2D eigenvalue weighted by molar-refractivity contribution is 0.346. The number of nitrogens with two attached hydrogens (primary N) is 2. The summed E-state index contributed by atoms with van der Waals surface area (Å²) in [6.45, 7) is 1.57. The summed E-state index contributed by atoms with van der Waals surface area (Å²) in [4.78, 5) is 4.22. The van der Waals surface area contributed by atoms with Crippen LogP contribution >= 0.6 is 0 Å². The summed E-state index contributed by atoms with van der Waals surface area (Å²) >= 11 is 0. The summed E-state index contributed by atoms with van der Waals surface area (Å²) in [6, 6.07) is 6.70. The highest BCUT2D eigenvalue weighted by Gasteiger charge is 2.25. The number of rotatable bonds is 4. The van der Waals surface area contributed by atoms with E-state index >= 15 is 0 Å². The lowest BCUT2D eigenvalue weighted by Crippen LogP contribution is -2.35. The SMILES string of the molecule is NC(N)=NCc1ccc(S(=O)(=O)N2CCCCC2)cc1. The number of sulfonamides is 1. The summed E-state index contributed by atoms with van der Waals surface area (Å²) in [7, 11) is -3.36. The first-order valence-corrected chi connectivity index (χ1v) is 8.08. The van der Waals surface area contributed by atoms with E-state index in [9.17, 15) is 8.42 Å². The molecule has 1 saturated heterocycles. The monoisotopic (exact) mass is 296 g/mol. The molecule has 4 N–H and O–H groups in total. The second kappa shape index (κ2) is 6.23. The number of nitrogens with zero attached hydrogens (tertiary/aromatic N) is 2. The topological polar surface area (TPSA) is 102 Å². The molecule has 0 unspecified atom stereocenters. The molecule has 1 fully saturated rings. The molecule has 2 rings (SSSR count). The Morgan fingerprint density at radius 2 is 1.70 bits per heavy atom. The zero-order valence-corrected chi connectivity index (χ0v) is 12.1. The van der Waals surface area contributed by atoms with Crippen LogP contribution in [0.15, 0.2) is 34.2 Å². The van der Waals surface area contributed by atoms with Crippen molar-refractivity contribution in [3.05, 3.63) is 29.8 Å². The van der Waals surface area contributed by atoms with Crippen LogP contribution in [-0.4, -0.2) is 31.8 Å². The second-order valence-corrected chi connectivity index (χ2v) is 6.79. The molecule has 1 aliphatic rings. The third-order valence-corrected chi connectivity index (χ3v) is 5.23. The fourth-order valence-corrected chi connectivity index (χ4v) is 3.72. The number of guanidine groups is 1. The average Bonchev–Trinajstić information content (AvgIpc) is 2.46. The van der Waals surface area contributed by atoms with Gasteiger partial charge in [-0.25, -0.2) is 13.4 Å². The predicted molar refractivity (Wildman–Crippen MR) is 78.6 cm³/mol. The molecule has 6 nitrogen and oxygen atoms in total. The van der Waals surface area contributed by atoms with Crippen molar-refractivity contribution in [2.24, 2.45) is 16.5 Å². The van der Waals surface area contributed by atoms with Crippen LogP contribution in [0.2, 0.25) is 0 Å². The highest BCUT2D eigenvalue weighted by molar-refractivity contribution is 7.89. The van der Waals surface area contributed by atoms with E-state index in [4.69, 9.17) is 11.5 Å². The minimum atomic E-state index is -3.36. The maximum absolute atomic E-state index is 12.4. The number of aliphatic imine (C=N–C) groups is 1. The van der Waals surface area contributed by atoms with Crippen molar-refractivity contribution < 1.29 is 8.42 Å². The summed E-state index contributed by atoms with van der Waals surface area (Å²) < 4.78 is 26.4. The Balaban J connectivity index is 2.14. The third kappa shape index (κ3) is 3.49. The summed E-state index contributed by atoms with van der Waals surface area (Å²) in [5, 5.41) is 0. The van der Waals surface area contributed by atoms with Crippen LogP contribution in [0, 0.1) is 0 Å². The van der Waals surface area contributed by atoms with Gasteiger partial charge in [-0.1, -0.05) is 18.6 Å². The van der Waals surface area contributed by atoms with Crippen molar-refractivity contribution in [1.29, 1.82) is 0 Å². The highest BCUT2D eigenvalue weighted by Crippen LogP contribution is 2.20. The molecule has 0 radical (unpaired) electrons. The normalized spacial score (nSPS) is 16.8. The lowest BCUT2D eigenvalue weighted by atomic mass is 10.2. The van der Waals surface area contributed by atoms with Gasteiger partial charge in [-0.2, -0.15) is 4.31 Å². The van der Waals surface area contributed by atoms with E-state index in [1.807, 2.05) is 0 Å². The van der Waals surface area contributed by atoms with E-state index in [2.05, 4.69) is 4.99 Å². The van der Waals surface area contributed by atoms with E-state index in [1.165, 1.54) is 0 Å². The van der Waals surface area contributed by atoms with E-state index in [0.29, 0.717) is 24.5 Å². The molecule has 110 valence electrons. The first kappa shape index (κ1) is 14.8. The van der Waals surface area contributed by atoms with E-state index < -0.39 is 10.0 Å². The Morgan fingerprint density at radius 3 is 2.25 bits per heavy atom. The van der Waals surface area contributed by atoms with Crippen LogP contribution in [0.4, 0.5) is 0 Å². The lowest BCUT2D eigenvalue weighted by Gasteiger charge is -2.25. The predicted octanol–water partition coefficient (Wildman–Crippen LogP) is 0.635. The third-order valence-electron chi connectivity index (χ3n) is 3.32. The molecule has 7 heteroatoms. The van der Waals surface area contributed by atoms with Crippen molar-refractivity contribution in [2.45, 2.75) is 30.7 Å². The Kier molecular flexibility index (Phi) is 4.61. The van der Waals surface area contributed by atoms with Crippen molar-refractivity contribution in [2.75, 3.05) is 13.1 Å². The molecular weight excluding hydrogens is 276 g/mol. The first-order valence-electron chi connectivity index (χ1n) is 6.64. The van der Waals surface area contributed by atoms with Gasteiger partial charge in [-0.3, -0.25) is 0 Å². The molecule has 0 bridgehead atoms. The van der Waals surface area contributed by atoms with Crippen LogP contribution < -0.4 is 11.5 Å². The Morgan fingerprint density at radius 1 is 1.10 bits per heavy atom. The van der Waals surface area contributed by atoms with Crippen molar-refractivity contribution in [1.82, 2.24) is 4.31 Å². The molecule has 0 saturated carbocycles. The molecule has 0 aromatic heterocycles. The van der Waals surface area contributed by atoms with Gasteiger partial charge in [0.1, 0.15) is 0 Å². The quantitative estimate of drug-likeness (QED) is 0.628. The maximum Gasteiger partial charge on any atom is 0.243 e. The Labute approximate surface area is 119 Å². The Bertz CT molecular complexity index is 571. The molecule has 0 spiro atoms. The average molecular weight is 296 g/mol. The molecule has 1 aliphatic heterocycles. The van der Waals surface area contributed by atoms with E-state index in [1.54, 1.807) is 28.6 Å². The van der Waals surface area contributed by atoms with Gasteiger partial charge in [0.15, 0.2) is 5.96 Å². The minimum absolute atomic E-state index is 0.0232. The summed E-state index contributed by atoms with van der Waals surface area (Å²) in [5.41, 5.74) is 11.4. The van der Waals surface area contributed by atoms with Crippen molar-refractivity contribution in [3.63, 3.8) is 0 Å². The molecule has 0 atom stereocenters. The summed E-state index contributed by atoms with van der Waals surface area (Å²) in [5.74, 6) is 0.0232. The van der Waals surface area contributed by atoms with Gasteiger partial charge in [-0.15, -0.1) is 0 Å². The van der Waals surface area contributed by atoms with Gasteiger partial charge < -0.3 is 11.5 Å². The highest BCUT2D eigenvalue weighted by atomic mass is 32.2. The van der Waals surface area contributed by atoms with Gasteiger partial charge in [-0.05, 0) is 30.5 Å². The fourth-order valence-electron chi connectivity index (χ4n) is 2.20. The standard InChI is InChI=1S/C13H20N4O2S/c14-13(15)16-10-11-4-6-12(7-5-11)20(18,19)17-8-2-1-3-9-17/h4-7H,1-3,8-10H2,(H4,14,15,16). The van der Waals surface area contributed by atoms with Gasteiger partial charge in [0, 0.05) is 13.1 Å².